The highest BCUT2D eigenvalue weighted by Gasteiger charge is 2.16. The van der Waals surface area contributed by atoms with Crippen LogP contribution in [0, 0.1) is 6.92 Å². The normalized spacial score (nSPS) is 10.3. The molecule has 0 atom stereocenters. The molecule has 3 aromatic rings. The lowest BCUT2D eigenvalue weighted by atomic mass is 10.2. The van der Waals surface area contributed by atoms with Crippen LogP contribution in [0.25, 0.3) is 5.69 Å². The van der Waals surface area contributed by atoms with E-state index in [1.54, 1.807) is 54.1 Å². The first-order valence-corrected chi connectivity index (χ1v) is 9.69. The summed E-state index contributed by atoms with van der Waals surface area (Å²) >= 11 is 6.09. The minimum Gasteiger partial charge on any atom is -0.482 e. The second-order valence-corrected chi connectivity index (χ2v) is 7.04. The topological polar surface area (TPSA) is 123 Å². The average molecular weight is 455 g/mol. The van der Waals surface area contributed by atoms with Crippen molar-refractivity contribution in [3.63, 3.8) is 0 Å². The summed E-state index contributed by atoms with van der Waals surface area (Å²) in [7, 11) is 0. The fourth-order valence-electron chi connectivity index (χ4n) is 2.85. The molecule has 32 heavy (non-hydrogen) atoms. The zero-order valence-corrected chi connectivity index (χ0v) is 17.7. The Morgan fingerprint density at radius 3 is 2.44 bits per heavy atom. The minimum atomic E-state index is -1.07. The van der Waals surface area contributed by atoms with E-state index in [9.17, 15) is 14.4 Å². The molecule has 0 saturated heterocycles. The number of carbonyl (C=O) groups excluding carboxylic acids is 2. The molecule has 0 aliphatic carbocycles. The van der Waals surface area contributed by atoms with E-state index in [-0.39, 0.29) is 0 Å². The standard InChI is InChI=1S/C22H19ClN4O5/c1-3-20(28)25-15-8-14(23)9-16(10-15)26-22(31)19-11-24-27(13(19)2)17-4-6-18(7-5-17)32-12-21(29)30/h3-11H,1,12H2,2H3,(H,25,28)(H,26,31)(H,29,30). The third-order valence-electron chi connectivity index (χ3n) is 4.31. The fourth-order valence-corrected chi connectivity index (χ4v) is 3.08. The predicted octanol–water partition coefficient (Wildman–Crippen LogP) is 3.67. The number of aromatic nitrogens is 2. The Hall–Kier alpha value is -4.11. The summed E-state index contributed by atoms with van der Waals surface area (Å²) in [6.07, 6.45) is 2.56. The molecule has 1 heterocycles. The number of aliphatic carboxylic acids is 1. The van der Waals surface area contributed by atoms with E-state index in [1.165, 1.54) is 6.20 Å². The van der Waals surface area contributed by atoms with Crippen molar-refractivity contribution < 1.29 is 24.2 Å². The van der Waals surface area contributed by atoms with Gasteiger partial charge in [-0.1, -0.05) is 18.2 Å². The number of benzene rings is 2. The van der Waals surface area contributed by atoms with Gasteiger partial charge < -0.3 is 20.5 Å². The van der Waals surface area contributed by atoms with Gasteiger partial charge >= 0.3 is 5.97 Å². The second kappa shape index (κ2) is 9.80. The van der Waals surface area contributed by atoms with Gasteiger partial charge in [0.25, 0.3) is 5.91 Å². The van der Waals surface area contributed by atoms with E-state index < -0.39 is 24.4 Å². The van der Waals surface area contributed by atoms with Crippen LogP contribution in [-0.4, -0.2) is 39.3 Å². The molecule has 0 radical (unpaired) electrons. The molecule has 3 rings (SSSR count). The molecule has 2 amide bonds. The van der Waals surface area contributed by atoms with Crippen LogP contribution >= 0.6 is 11.6 Å². The van der Waals surface area contributed by atoms with E-state index in [1.807, 2.05) is 0 Å². The lowest BCUT2D eigenvalue weighted by Gasteiger charge is -2.10. The third kappa shape index (κ3) is 5.52. The van der Waals surface area contributed by atoms with Gasteiger partial charge in [-0.2, -0.15) is 5.10 Å². The van der Waals surface area contributed by atoms with Crippen molar-refractivity contribution in [1.29, 1.82) is 0 Å². The SMILES string of the molecule is C=CC(=O)Nc1cc(Cl)cc(NC(=O)c2cnn(-c3ccc(OCC(=O)O)cc3)c2C)c1. The fraction of sp³-hybridized carbons (Fsp3) is 0.0909. The van der Waals surface area contributed by atoms with Crippen molar-refractivity contribution in [3.05, 3.63) is 77.6 Å². The van der Waals surface area contributed by atoms with Gasteiger partial charge in [0.1, 0.15) is 5.75 Å². The van der Waals surface area contributed by atoms with E-state index in [0.717, 1.165) is 6.08 Å². The van der Waals surface area contributed by atoms with Crippen LogP contribution in [0.3, 0.4) is 0 Å². The number of carboxylic acid groups (broad SMARTS) is 1. The van der Waals surface area contributed by atoms with Crippen LogP contribution in [0.1, 0.15) is 16.1 Å². The minimum absolute atomic E-state index is 0.333. The van der Waals surface area contributed by atoms with E-state index in [0.29, 0.717) is 39.1 Å². The van der Waals surface area contributed by atoms with E-state index >= 15 is 0 Å². The molecule has 9 nitrogen and oxygen atoms in total. The molecule has 3 N–H and O–H groups in total. The Balaban J connectivity index is 1.76. The molecule has 2 aromatic carbocycles. The first-order chi connectivity index (χ1) is 15.3. The van der Waals surface area contributed by atoms with Crippen LogP contribution in [0.5, 0.6) is 5.75 Å². The highest BCUT2D eigenvalue weighted by Crippen LogP contribution is 2.24. The summed E-state index contributed by atoms with van der Waals surface area (Å²) in [4.78, 5) is 34.9. The number of anilines is 2. The van der Waals surface area contributed by atoms with Crippen molar-refractivity contribution in [3.8, 4) is 11.4 Å². The zero-order chi connectivity index (χ0) is 23.3. The Morgan fingerprint density at radius 2 is 1.81 bits per heavy atom. The third-order valence-corrected chi connectivity index (χ3v) is 4.52. The van der Waals surface area contributed by atoms with Gasteiger partial charge in [-0.3, -0.25) is 9.59 Å². The Morgan fingerprint density at radius 1 is 1.16 bits per heavy atom. The molecule has 0 fully saturated rings. The van der Waals surface area contributed by atoms with Crippen molar-refractivity contribution in [2.75, 3.05) is 17.2 Å². The second-order valence-electron chi connectivity index (χ2n) is 6.61. The Labute approximate surface area is 188 Å². The largest absolute Gasteiger partial charge is 0.482 e. The number of amides is 2. The molecule has 0 aliphatic rings. The summed E-state index contributed by atoms with van der Waals surface area (Å²) < 4.78 is 6.69. The number of hydrogen-bond acceptors (Lipinski definition) is 5. The summed E-state index contributed by atoms with van der Waals surface area (Å²) in [5.74, 6) is -1.47. The number of ether oxygens (including phenoxy) is 1. The average Bonchev–Trinajstić information content (AvgIpc) is 3.13. The summed E-state index contributed by atoms with van der Waals surface area (Å²) in [6.45, 7) is 4.70. The summed E-state index contributed by atoms with van der Waals surface area (Å²) in [5, 5.41) is 18.6. The van der Waals surface area contributed by atoms with Gasteiger partial charge in [0.2, 0.25) is 5.91 Å². The number of rotatable bonds is 8. The van der Waals surface area contributed by atoms with Gasteiger partial charge in [0.15, 0.2) is 6.61 Å². The predicted molar refractivity (Wildman–Crippen MR) is 120 cm³/mol. The highest BCUT2D eigenvalue weighted by molar-refractivity contribution is 6.31. The lowest BCUT2D eigenvalue weighted by Crippen LogP contribution is -2.14. The lowest BCUT2D eigenvalue weighted by molar-refractivity contribution is -0.139. The quantitative estimate of drug-likeness (QED) is 0.446. The van der Waals surface area contributed by atoms with E-state index in [2.05, 4.69) is 22.3 Å². The van der Waals surface area contributed by atoms with Crippen LogP contribution in [0.15, 0.2) is 61.3 Å². The molecule has 0 spiro atoms. The first kappa shape index (κ1) is 22.6. The molecule has 0 bridgehead atoms. The van der Waals surface area contributed by atoms with Crippen LogP contribution in [0.2, 0.25) is 5.02 Å². The summed E-state index contributed by atoms with van der Waals surface area (Å²) in [6, 6.07) is 11.3. The van der Waals surface area contributed by atoms with Crippen molar-refractivity contribution in [2.24, 2.45) is 0 Å². The number of carbonyl (C=O) groups is 3. The number of carboxylic acids is 1. The molecule has 0 aliphatic heterocycles. The number of hydrogen-bond donors (Lipinski definition) is 3. The molecule has 10 heteroatoms. The van der Waals surface area contributed by atoms with Crippen LogP contribution in [-0.2, 0) is 9.59 Å². The maximum Gasteiger partial charge on any atom is 0.341 e. The number of halogens is 1. The number of nitrogens with one attached hydrogen (secondary N) is 2. The molecule has 0 saturated carbocycles. The molecular formula is C22H19ClN4O5. The van der Waals surface area contributed by atoms with Crippen LogP contribution < -0.4 is 15.4 Å². The zero-order valence-electron chi connectivity index (χ0n) is 17.0. The maximum absolute atomic E-state index is 12.8. The summed E-state index contributed by atoms with van der Waals surface area (Å²) in [5.41, 5.74) is 2.41. The van der Waals surface area contributed by atoms with Crippen molar-refractivity contribution >= 4 is 40.8 Å². The van der Waals surface area contributed by atoms with Gasteiger partial charge in [0, 0.05) is 16.4 Å². The molecule has 0 unspecified atom stereocenters. The molecule has 1 aromatic heterocycles. The van der Waals surface area contributed by atoms with Gasteiger partial charge in [-0.05, 0) is 55.5 Å². The van der Waals surface area contributed by atoms with Gasteiger partial charge in [-0.25, -0.2) is 9.48 Å². The van der Waals surface area contributed by atoms with Gasteiger partial charge in [-0.15, -0.1) is 0 Å². The first-order valence-electron chi connectivity index (χ1n) is 9.32. The molecular weight excluding hydrogens is 436 g/mol. The van der Waals surface area contributed by atoms with Crippen LogP contribution in [0.4, 0.5) is 11.4 Å². The monoisotopic (exact) mass is 454 g/mol. The Bertz CT molecular complexity index is 1190. The molecule has 164 valence electrons. The van der Waals surface area contributed by atoms with Crippen molar-refractivity contribution in [1.82, 2.24) is 9.78 Å². The maximum atomic E-state index is 12.8. The highest BCUT2D eigenvalue weighted by atomic mass is 35.5. The van der Waals surface area contributed by atoms with Gasteiger partial charge in [0.05, 0.1) is 23.1 Å². The van der Waals surface area contributed by atoms with Crippen molar-refractivity contribution in [2.45, 2.75) is 6.92 Å². The van der Waals surface area contributed by atoms with E-state index in [4.69, 9.17) is 21.4 Å². The Kier molecular flexibility index (Phi) is 6.91. The number of nitrogens with zero attached hydrogens (tertiary/aromatic N) is 2. The smallest absolute Gasteiger partial charge is 0.341 e.